The summed E-state index contributed by atoms with van der Waals surface area (Å²) in [5, 5.41) is 5.01. The molecule has 0 aliphatic rings. The van der Waals surface area contributed by atoms with Crippen LogP contribution in [0.25, 0.3) is 20.1 Å². The van der Waals surface area contributed by atoms with Crippen LogP contribution in [0.1, 0.15) is 22.4 Å². The minimum Gasteiger partial charge on any atom is -0.357 e. The third-order valence-corrected chi connectivity index (χ3v) is 7.82. The van der Waals surface area contributed by atoms with Crippen LogP contribution in [0.4, 0.5) is 18.3 Å². The summed E-state index contributed by atoms with van der Waals surface area (Å²) < 4.78 is 39.6. The SMILES string of the molecule is N[C@@H](Cc1ccc(C(F)(F)F)cc1)Cc1nc(NCc2ccccc2)sc1-c1nc2ccncc2s1. The zero-order valence-corrected chi connectivity index (χ0v) is 20.6. The maximum absolute atomic E-state index is 12.9. The zero-order valence-electron chi connectivity index (χ0n) is 19.0. The third kappa shape index (κ3) is 5.72. The minimum absolute atomic E-state index is 0.319. The lowest BCUT2D eigenvalue weighted by atomic mass is 10.0. The summed E-state index contributed by atoms with van der Waals surface area (Å²) in [7, 11) is 0. The fourth-order valence-electron chi connectivity index (χ4n) is 3.84. The predicted octanol–water partition coefficient (Wildman–Crippen LogP) is 6.56. The van der Waals surface area contributed by atoms with Gasteiger partial charge in [-0.15, -0.1) is 11.3 Å². The van der Waals surface area contributed by atoms with E-state index in [1.807, 2.05) is 36.4 Å². The molecule has 2 aromatic carbocycles. The molecule has 3 aromatic heterocycles. The van der Waals surface area contributed by atoms with E-state index in [-0.39, 0.29) is 6.04 Å². The van der Waals surface area contributed by atoms with Gasteiger partial charge in [-0.3, -0.25) is 4.98 Å². The van der Waals surface area contributed by atoms with Crippen LogP contribution in [-0.2, 0) is 25.6 Å². The van der Waals surface area contributed by atoms with Crippen molar-refractivity contribution < 1.29 is 13.2 Å². The van der Waals surface area contributed by atoms with Crippen molar-refractivity contribution in [1.29, 1.82) is 0 Å². The second kappa shape index (κ2) is 10.3. The molecule has 0 saturated heterocycles. The summed E-state index contributed by atoms with van der Waals surface area (Å²) >= 11 is 3.07. The number of aromatic nitrogens is 3. The number of anilines is 1. The third-order valence-electron chi connectivity index (χ3n) is 5.60. The molecule has 0 radical (unpaired) electrons. The lowest BCUT2D eigenvalue weighted by molar-refractivity contribution is -0.137. The van der Waals surface area contributed by atoms with E-state index in [4.69, 9.17) is 15.7 Å². The number of pyridine rings is 1. The van der Waals surface area contributed by atoms with Gasteiger partial charge in [-0.05, 0) is 35.7 Å². The van der Waals surface area contributed by atoms with Crippen molar-refractivity contribution in [3.63, 3.8) is 0 Å². The molecule has 5 aromatic rings. The Bertz CT molecular complexity index is 1410. The number of halogens is 3. The topological polar surface area (TPSA) is 76.7 Å². The van der Waals surface area contributed by atoms with Crippen molar-refractivity contribution in [2.24, 2.45) is 5.73 Å². The fraction of sp³-hybridized carbons (Fsp3) is 0.192. The number of nitrogens with zero attached hydrogens (tertiary/aromatic N) is 3. The number of alkyl halides is 3. The van der Waals surface area contributed by atoms with E-state index in [1.165, 1.54) is 23.5 Å². The maximum atomic E-state index is 12.9. The fourth-order valence-corrected chi connectivity index (χ4v) is 5.85. The number of rotatable bonds is 8. The minimum atomic E-state index is -4.36. The lowest BCUT2D eigenvalue weighted by Gasteiger charge is -2.12. The normalized spacial score (nSPS) is 12.7. The molecule has 3 heterocycles. The second-order valence-corrected chi connectivity index (χ2v) is 10.4. The van der Waals surface area contributed by atoms with E-state index in [9.17, 15) is 13.2 Å². The molecule has 1 atom stereocenters. The Morgan fingerprint density at radius 1 is 0.889 bits per heavy atom. The molecule has 0 bridgehead atoms. The smallest absolute Gasteiger partial charge is 0.357 e. The van der Waals surface area contributed by atoms with Crippen molar-refractivity contribution in [2.45, 2.75) is 31.6 Å². The summed E-state index contributed by atoms with van der Waals surface area (Å²) in [6.07, 6.45) is 0.0557. The monoisotopic (exact) mass is 525 g/mol. The highest BCUT2D eigenvalue weighted by molar-refractivity contribution is 7.26. The van der Waals surface area contributed by atoms with E-state index >= 15 is 0 Å². The average Bonchev–Trinajstić information content (AvgIpc) is 3.47. The van der Waals surface area contributed by atoms with Gasteiger partial charge < -0.3 is 11.1 Å². The molecule has 0 saturated carbocycles. The molecule has 3 N–H and O–H groups in total. The van der Waals surface area contributed by atoms with Crippen molar-refractivity contribution in [2.75, 3.05) is 5.32 Å². The van der Waals surface area contributed by atoms with Crippen molar-refractivity contribution in [1.82, 2.24) is 15.0 Å². The first kappa shape index (κ1) is 24.4. The van der Waals surface area contributed by atoms with Gasteiger partial charge in [-0.1, -0.05) is 53.8 Å². The van der Waals surface area contributed by atoms with Crippen LogP contribution in [0.3, 0.4) is 0 Å². The predicted molar refractivity (Wildman–Crippen MR) is 139 cm³/mol. The van der Waals surface area contributed by atoms with Crippen LogP contribution in [0.2, 0.25) is 0 Å². The van der Waals surface area contributed by atoms with Gasteiger partial charge in [0.25, 0.3) is 0 Å². The standard InChI is InChI=1S/C26H22F3N5S2/c27-26(28,29)18-8-6-16(7-9-18)12-19(30)13-21-23(24-33-20-10-11-31-15-22(20)35-24)36-25(34-21)32-14-17-4-2-1-3-5-17/h1-11,15,19H,12-14,30H2,(H,32,34)/t19-/m0/s1. The largest absolute Gasteiger partial charge is 0.416 e. The highest BCUT2D eigenvalue weighted by Gasteiger charge is 2.30. The van der Waals surface area contributed by atoms with Gasteiger partial charge in [0.15, 0.2) is 5.13 Å². The van der Waals surface area contributed by atoms with E-state index in [0.717, 1.165) is 54.2 Å². The molecule has 10 heteroatoms. The van der Waals surface area contributed by atoms with Gasteiger partial charge in [0.2, 0.25) is 0 Å². The average molecular weight is 526 g/mol. The Kier molecular flexibility index (Phi) is 6.99. The Hall–Kier alpha value is -3.34. The zero-order chi connectivity index (χ0) is 25.1. The number of nitrogens with two attached hydrogens (primary N) is 1. The lowest BCUT2D eigenvalue weighted by Crippen LogP contribution is -2.26. The molecule has 36 heavy (non-hydrogen) atoms. The number of fused-ring (bicyclic) bond motifs is 1. The van der Waals surface area contributed by atoms with Crippen molar-refractivity contribution >= 4 is 38.0 Å². The number of benzene rings is 2. The van der Waals surface area contributed by atoms with Crippen LogP contribution in [0.5, 0.6) is 0 Å². The molecule has 0 aliphatic carbocycles. The van der Waals surface area contributed by atoms with Gasteiger partial charge in [0, 0.05) is 31.4 Å². The van der Waals surface area contributed by atoms with E-state index in [2.05, 4.69) is 10.3 Å². The molecule has 5 nitrogen and oxygen atoms in total. The van der Waals surface area contributed by atoms with Gasteiger partial charge in [0.1, 0.15) is 5.01 Å². The Labute approximate surface area is 213 Å². The first-order valence-electron chi connectivity index (χ1n) is 11.3. The molecular formula is C26H22F3N5S2. The maximum Gasteiger partial charge on any atom is 0.416 e. The molecule has 0 unspecified atom stereocenters. The summed E-state index contributed by atoms with van der Waals surface area (Å²) in [5.74, 6) is 0. The molecule has 5 rings (SSSR count). The molecule has 0 fully saturated rings. The van der Waals surface area contributed by atoms with Crippen LogP contribution < -0.4 is 11.1 Å². The summed E-state index contributed by atoms with van der Waals surface area (Å²) in [5.41, 5.74) is 9.37. The van der Waals surface area contributed by atoms with Gasteiger partial charge in [-0.2, -0.15) is 13.2 Å². The molecular weight excluding hydrogens is 503 g/mol. The Balaban J connectivity index is 1.37. The molecule has 0 aliphatic heterocycles. The molecule has 0 amide bonds. The van der Waals surface area contributed by atoms with Gasteiger partial charge in [-0.25, -0.2) is 9.97 Å². The summed E-state index contributed by atoms with van der Waals surface area (Å²) in [6.45, 7) is 0.634. The van der Waals surface area contributed by atoms with Crippen LogP contribution in [0.15, 0.2) is 73.1 Å². The molecule has 0 spiro atoms. The summed E-state index contributed by atoms with van der Waals surface area (Å²) in [4.78, 5) is 14.7. The van der Waals surface area contributed by atoms with Crippen LogP contribution >= 0.6 is 22.7 Å². The Morgan fingerprint density at radius 2 is 1.67 bits per heavy atom. The number of nitrogens with one attached hydrogen (secondary N) is 1. The number of hydrogen-bond acceptors (Lipinski definition) is 7. The summed E-state index contributed by atoms with van der Waals surface area (Å²) in [6, 6.07) is 16.8. The number of thiazole rings is 2. The first-order valence-corrected chi connectivity index (χ1v) is 12.9. The van der Waals surface area contributed by atoms with Crippen LogP contribution in [-0.4, -0.2) is 21.0 Å². The number of hydrogen-bond donors (Lipinski definition) is 2. The quantitative estimate of drug-likeness (QED) is 0.240. The molecule has 184 valence electrons. The van der Waals surface area contributed by atoms with Crippen LogP contribution in [0, 0.1) is 0 Å². The van der Waals surface area contributed by atoms with E-state index in [1.54, 1.807) is 23.7 Å². The van der Waals surface area contributed by atoms with E-state index < -0.39 is 11.7 Å². The van der Waals surface area contributed by atoms with Gasteiger partial charge >= 0.3 is 6.18 Å². The highest BCUT2D eigenvalue weighted by Crippen LogP contribution is 2.38. The first-order chi connectivity index (χ1) is 17.3. The van der Waals surface area contributed by atoms with Gasteiger partial charge in [0.05, 0.1) is 26.4 Å². The van der Waals surface area contributed by atoms with Crippen molar-refractivity contribution in [3.8, 4) is 9.88 Å². The second-order valence-electron chi connectivity index (χ2n) is 8.36. The highest BCUT2D eigenvalue weighted by atomic mass is 32.1. The Morgan fingerprint density at radius 3 is 2.39 bits per heavy atom. The van der Waals surface area contributed by atoms with Crippen molar-refractivity contribution in [3.05, 3.63) is 95.4 Å². The van der Waals surface area contributed by atoms with E-state index in [0.29, 0.717) is 19.4 Å².